The van der Waals surface area contributed by atoms with Gasteiger partial charge in [0.15, 0.2) is 4.34 Å². The molecule has 1 aromatic heterocycles. The second kappa shape index (κ2) is 6.57. The van der Waals surface area contributed by atoms with Crippen molar-refractivity contribution in [1.82, 2.24) is 15.5 Å². The normalized spacial score (nSPS) is 25.8. The van der Waals surface area contributed by atoms with Crippen LogP contribution in [-0.4, -0.2) is 28.0 Å². The molecule has 1 aliphatic rings. The van der Waals surface area contributed by atoms with Gasteiger partial charge in [-0.3, -0.25) is 0 Å². The minimum atomic E-state index is 0.721. The Morgan fingerprint density at radius 3 is 3.25 bits per heavy atom. The van der Waals surface area contributed by atoms with Crippen LogP contribution in [0, 0.1) is 0 Å². The molecule has 3 nitrogen and oxygen atoms in total. The highest BCUT2D eigenvalue weighted by Gasteiger charge is 2.22. The molecule has 2 atom stereocenters. The molecule has 16 heavy (non-hydrogen) atoms. The van der Waals surface area contributed by atoms with Gasteiger partial charge in [0.05, 0.1) is 0 Å². The fraction of sp³-hybridized carbons (Fsp3) is 0.818. The SMILES string of the molecule is CCCNC1CCCC(Sc2nncs2)C1. The Kier molecular flexibility index (Phi) is 5.06. The first-order valence-corrected chi connectivity index (χ1v) is 7.80. The highest BCUT2D eigenvalue weighted by Crippen LogP contribution is 2.34. The van der Waals surface area contributed by atoms with Crippen molar-refractivity contribution in [1.29, 1.82) is 0 Å². The van der Waals surface area contributed by atoms with E-state index in [1.165, 1.54) is 32.1 Å². The highest BCUT2D eigenvalue weighted by atomic mass is 32.2. The van der Waals surface area contributed by atoms with Crippen molar-refractivity contribution in [3.63, 3.8) is 0 Å². The summed E-state index contributed by atoms with van der Waals surface area (Å²) in [4.78, 5) is 0. The van der Waals surface area contributed by atoms with Crippen molar-refractivity contribution in [3.8, 4) is 0 Å². The molecule has 1 fully saturated rings. The predicted octanol–water partition coefficient (Wildman–Crippen LogP) is 2.94. The van der Waals surface area contributed by atoms with Gasteiger partial charge in [-0.1, -0.05) is 36.4 Å². The average molecular weight is 257 g/mol. The van der Waals surface area contributed by atoms with E-state index in [4.69, 9.17) is 0 Å². The first kappa shape index (κ1) is 12.3. The molecular formula is C11H19N3S2. The summed E-state index contributed by atoms with van der Waals surface area (Å²) < 4.78 is 1.13. The van der Waals surface area contributed by atoms with Crippen LogP contribution in [0.4, 0.5) is 0 Å². The quantitative estimate of drug-likeness (QED) is 0.880. The van der Waals surface area contributed by atoms with E-state index >= 15 is 0 Å². The second-order valence-electron chi connectivity index (χ2n) is 4.26. The molecule has 5 heteroatoms. The Hall–Kier alpha value is -0.130. The lowest BCUT2D eigenvalue weighted by atomic mass is 9.95. The molecule has 1 heterocycles. The number of nitrogens with zero attached hydrogens (tertiary/aromatic N) is 2. The zero-order chi connectivity index (χ0) is 11.2. The fourth-order valence-electron chi connectivity index (χ4n) is 2.14. The van der Waals surface area contributed by atoms with Gasteiger partial charge >= 0.3 is 0 Å². The third-order valence-corrected chi connectivity index (χ3v) is 5.02. The Labute approximate surface area is 105 Å². The lowest BCUT2D eigenvalue weighted by Crippen LogP contribution is -2.35. The van der Waals surface area contributed by atoms with Gasteiger partial charge in [-0.05, 0) is 32.2 Å². The molecule has 0 aromatic carbocycles. The van der Waals surface area contributed by atoms with Gasteiger partial charge in [0.1, 0.15) is 5.51 Å². The van der Waals surface area contributed by atoms with Gasteiger partial charge in [0.2, 0.25) is 0 Å². The minimum Gasteiger partial charge on any atom is -0.314 e. The van der Waals surface area contributed by atoms with Crippen LogP contribution < -0.4 is 5.32 Å². The summed E-state index contributed by atoms with van der Waals surface area (Å²) in [5, 5.41) is 12.4. The summed E-state index contributed by atoms with van der Waals surface area (Å²) >= 11 is 3.57. The summed E-state index contributed by atoms with van der Waals surface area (Å²) in [5.41, 5.74) is 1.82. The summed E-state index contributed by atoms with van der Waals surface area (Å²) in [6, 6.07) is 0.721. The van der Waals surface area contributed by atoms with Crippen LogP contribution in [0.25, 0.3) is 0 Å². The van der Waals surface area contributed by atoms with Gasteiger partial charge in [-0.25, -0.2) is 0 Å². The number of hydrogen-bond donors (Lipinski definition) is 1. The highest BCUT2D eigenvalue weighted by molar-refractivity contribution is 8.01. The van der Waals surface area contributed by atoms with Crippen LogP contribution in [0.5, 0.6) is 0 Å². The first-order chi connectivity index (χ1) is 7.88. The smallest absolute Gasteiger partial charge is 0.174 e. The number of hydrogen-bond acceptors (Lipinski definition) is 5. The Balaban J connectivity index is 1.77. The maximum absolute atomic E-state index is 4.11. The second-order valence-corrected chi connectivity index (χ2v) is 6.64. The van der Waals surface area contributed by atoms with Gasteiger partial charge < -0.3 is 5.32 Å². The van der Waals surface area contributed by atoms with E-state index in [1.54, 1.807) is 11.3 Å². The van der Waals surface area contributed by atoms with Crippen LogP contribution in [0.2, 0.25) is 0 Å². The lowest BCUT2D eigenvalue weighted by Gasteiger charge is -2.28. The van der Waals surface area contributed by atoms with Crippen molar-refractivity contribution in [2.24, 2.45) is 0 Å². The maximum Gasteiger partial charge on any atom is 0.174 e. The Morgan fingerprint density at radius 2 is 2.50 bits per heavy atom. The van der Waals surface area contributed by atoms with Crippen molar-refractivity contribution in [2.75, 3.05) is 6.54 Å². The molecule has 0 bridgehead atoms. The van der Waals surface area contributed by atoms with Crippen LogP contribution in [0.15, 0.2) is 9.85 Å². The van der Waals surface area contributed by atoms with Crippen molar-refractivity contribution in [3.05, 3.63) is 5.51 Å². The number of aromatic nitrogens is 2. The predicted molar refractivity (Wildman–Crippen MR) is 70.1 cm³/mol. The Morgan fingerprint density at radius 1 is 1.56 bits per heavy atom. The van der Waals surface area contributed by atoms with Crippen LogP contribution in [-0.2, 0) is 0 Å². The van der Waals surface area contributed by atoms with E-state index < -0.39 is 0 Å². The average Bonchev–Trinajstić information content (AvgIpc) is 2.80. The van der Waals surface area contributed by atoms with E-state index in [9.17, 15) is 0 Å². The standard InChI is InChI=1S/C11H19N3S2/c1-2-6-12-9-4-3-5-10(7-9)16-11-14-13-8-15-11/h8-10,12H,2-7H2,1H3. The fourth-order valence-corrected chi connectivity index (χ4v) is 4.17. The van der Waals surface area contributed by atoms with Crippen LogP contribution in [0.3, 0.4) is 0 Å². The zero-order valence-corrected chi connectivity index (χ0v) is 11.3. The van der Waals surface area contributed by atoms with Crippen molar-refractivity contribution >= 4 is 23.1 Å². The molecular weight excluding hydrogens is 238 g/mol. The van der Waals surface area contributed by atoms with Gasteiger partial charge in [0.25, 0.3) is 0 Å². The molecule has 1 aliphatic carbocycles. The first-order valence-electron chi connectivity index (χ1n) is 6.04. The van der Waals surface area contributed by atoms with Gasteiger partial charge in [-0.15, -0.1) is 10.2 Å². The Bertz CT molecular complexity index is 289. The molecule has 1 N–H and O–H groups in total. The summed E-state index contributed by atoms with van der Waals surface area (Å²) in [6.45, 7) is 3.38. The molecule has 1 saturated carbocycles. The molecule has 0 spiro atoms. The van der Waals surface area contributed by atoms with Crippen molar-refractivity contribution in [2.45, 2.75) is 54.7 Å². The minimum absolute atomic E-state index is 0.721. The molecule has 0 amide bonds. The van der Waals surface area contributed by atoms with E-state index in [0.29, 0.717) is 0 Å². The molecule has 0 radical (unpaired) electrons. The monoisotopic (exact) mass is 257 g/mol. The van der Waals surface area contributed by atoms with E-state index in [0.717, 1.165) is 22.2 Å². The summed E-state index contributed by atoms with van der Waals surface area (Å²) in [7, 11) is 0. The summed E-state index contributed by atoms with van der Waals surface area (Å²) in [6.07, 6.45) is 6.52. The maximum atomic E-state index is 4.11. The molecule has 90 valence electrons. The number of thioether (sulfide) groups is 1. The van der Waals surface area contributed by atoms with E-state index in [-0.39, 0.29) is 0 Å². The van der Waals surface area contributed by atoms with Crippen LogP contribution in [0.1, 0.15) is 39.0 Å². The number of rotatable bonds is 5. The molecule has 1 aromatic rings. The van der Waals surface area contributed by atoms with Crippen LogP contribution >= 0.6 is 23.1 Å². The largest absolute Gasteiger partial charge is 0.314 e. The summed E-state index contributed by atoms with van der Waals surface area (Å²) in [5.74, 6) is 0. The third kappa shape index (κ3) is 3.71. The van der Waals surface area contributed by atoms with Crippen molar-refractivity contribution < 1.29 is 0 Å². The van der Waals surface area contributed by atoms with E-state index in [2.05, 4.69) is 22.4 Å². The lowest BCUT2D eigenvalue weighted by molar-refractivity contribution is 0.381. The molecule has 0 saturated heterocycles. The third-order valence-electron chi connectivity index (χ3n) is 2.92. The van der Waals surface area contributed by atoms with Gasteiger partial charge in [0, 0.05) is 11.3 Å². The number of nitrogens with one attached hydrogen (secondary N) is 1. The molecule has 2 rings (SSSR count). The molecule has 2 unspecified atom stereocenters. The topological polar surface area (TPSA) is 37.8 Å². The van der Waals surface area contributed by atoms with Gasteiger partial charge in [-0.2, -0.15) is 0 Å². The molecule has 0 aliphatic heterocycles. The van der Waals surface area contributed by atoms with E-state index in [1.807, 2.05) is 17.3 Å². The zero-order valence-electron chi connectivity index (χ0n) is 9.69.